The Balaban J connectivity index is 1.62. The van der Waals surface area contributed by atoms with Crippen LogP contribution in [0.5, 0.6) is 0 Å². The van der Waals surface area contributed by atoms with Crippen molar-refractivity contribution in [2.45, 2.75) is 20.8 Å². The van der Waals surface area contributed by atoms with Crippen LogP contribution in [0.2, 0.25) is 0 Å². The topological polar surface area (TPSA) is 84.2 Å². The van der Waals surface area contributed by atoms with Crippen LogP contribution in [-0.2, 0) is 4.79 Å². The van der Waals surface area contributed by atoms with Crippen LogP contribution in [0.3, 0.4) is 0 Å². The van der Waals surface area contributed by atoms with Crippen molar-refractivity contribution in [3.05, 3.63) is 56.7 Å². The van der Waals surface area contributed by atoms with Crippen molar-refractivity contribution in [3.8, 4) is 10.8 Å². The molecule has 0 spiro atoms. The molecule has 27 heavy (non-hydrogen) atoms. The molecule has 0 unspecified atom stereocenters. The number of halogens is 1. The lowest BCUT2D eigenvalue weighted by Gasteiger charge is -2.09. The third kappa shape index (κ3) is 4.64. The van der Waals surface area contributed by atoms with E-state index in [-0.39, 0.29) is 18.4 Å². The van der Waals surface area contributed by atoms with Crippen LogP contribution in [0.15, 0.2) is 39.2 Å². The molecule has 2 amide bonds. The molecule has 3 rings (SSSR count). The Morgan fingerprint density at radius 1 is 1.19 bits per heavy atom. The molecular weight excluding hydrogens is 430 g/mol. The van der Waals surface area contributed by atoms with E-state index in [1.165, 1.54) is 11.3 Å². The zero-order chi connectivity index (χ0) is 19.6. The number of thiazole rings is 1. The Labute approximate surface area is 169 Å². The number of carbonyl (C=O) groups is 2. The predicted octanol–water partition coefficient (Wildman–Crippen LogP) is 4.46. The molecule has 0 saturated carbocycles. The fraction of sp³-hybridized carbons (Fsp3) is 0.211. The van der Waals surface area contributed by atoms with Crippen molar-refractivity contribution in [1.82, 2.24) is 10.3 Å². The van der Waals surface area contributed by atoms with E-state index in [2.05, 4.69) is 31.5 Å². The summed E-state index contributed by atoms with van der Waals surface area (Å²) in [6, 6.07) is 9.24. The maximum Gasteiger partial charge on any atom is 0.263 e. The number of amides is 2. The van der Waals surface area contributed by atoms with Crippen molar-refractivity contribution in [2.24, 2.45) is 0 Å². The number of aromatic nitrogens is 1. The van der Waals surface area contributed by atoms with Crippen molar-refractivity contribution < 1.29 is 14.0 Å². The van der Waals surface area contributed by atoms with Gasteiger partial charge in [-0.15, -0.1) is 11.3 Å². The zero-order valence-electron chi connectivity index (χ0n) is 15.1. The van der Waals surface area contributed by atoms with Crippen molar-refractivity contribution >= 4 is 44.8 Å². The summed E-state index contributed by atoms with van der Waals surface area (Å²) in [6.45, 7) is 5.39. The lowest BCUT2D eigenvalue weighted by molar-refractivity contribution is -0.115. The molecule has 0 bridgehead atoms. The first-order chi connectivity index (χ1) is 12.8. The summed E-state index contributed by atoms with van der Waals surface area (Å²) in [6.07, 6.45) is 0. The van der Waals surface area contributed by atoms with Crippen LogP contribution < -0.4 is 10.6 Å². The van der Waals surface area contributed by atoms with Gasteiger partial charge in [0.1, 0.15) is 10.6 Å². The second-order valence-corrected chi connectivity index (χ2v) is 7.95. The monoisotopic (exact) mass is 447 g/mol. The van der Waals surface area contributed by atoms with Gasteiger partial charge in [-0.2, -0.15) is 0 Å². The molecule has 0 aliphatic carbocycles. The Morgan fingerprint density at radius 2 is 1.96 bits per heavy atom. The second kappa shape index (κ2) is 8.06. The van der Waals surface area contributed by atoms with Crippen molar-refractivity contribution in [1.29, 1.82) is 0 Å². The smallest absolute Gasteiger partial charge is 0.263 e. The molecule has 2 aromatic heterocycles. The Hall–Kier alpha value is -2.45. The van der Waals surface area contributed by atoms with Crippen LogP contribution in [0, 0.1) is 20.8 Å². The lowest BCUT2D eigenvalue weighted by atomic mass is 10.2. The molecule has 0 aliphatic rings. The minimum atomic E-state index is -0.331. The highest BCUT2D eigenvalue weighted by molar-refractivity contribution is 9.10. The van der Waals surface area contributed by atoms with E-state index >= 15 is 0 Å². The highest BCUT2D eigenvalue weighted by atomic mass is 79.9. The lowest BCUT2D eigenvalue weighted by Crippen LogP contribution is -2.32. The largest absolute Gasteiger partial charge is 0.459 e. The number of rotatable bonds is 5. The van der Waals surface area contributed by atoms with Gasteiger partial charge in [0.05, 0.1) is 12.2 Å². The van der Waals surface area contributed by atoms with E-state index in [4.69, 9.17) is 4.42 Å². The maximum atomic E-state index is 12.4. The van der Waals surface area contributed by atoms with Crippen molar-refractivity contribution in [2.75, 3.05) is 11.9 Å². The SMILES string of the molecule is Cc1ccc(-c2nc(C)c(C(=O)NCC(=O)Nc3ccc(Br)cc3C)s2)o1. The average Bonchev–Trinajstić information content (AvgIpc) is 3.21. The number of nitrogens with one attached hydrogen (secondary N) is 2. The van der Waals surface area contributed by atoms with E-state index in [1.807, 2.05) is 44.2 Å². The highest BCUT2D eigenvalue weighted by Gasteiger charge is 2.18. The maximum absolute atomic E-state index is 12.4. The van der Waals surface area contributed by atoms with Gasteiger partial charge in [-0.25, -0.2) is 4.98 Å². The van der Waals surface area contributed by atoms with Crippen LogP contribution >= 0.6 is 27.3 Å². The number of hydrogen-bond donors (Lipinski definition) is 2. The summed E-state index contributed by atoms with van der Waals surface area (Å²) in [7, 11) is 0. The van der Waals surface area contributed by atoms with Crippen LogP contribution in [0.4, 0.5) is 5.69 Å². The molecule has 0 aliphatic heterocycles. The third-order valence-corrected chi connectivity index (χ3v) is 5.49. The first kappa shape index (κ1) is 19.3. The van der Waals surface area contributed by atoms with Gasteiger partial charge in [-0.1, -0.05) is 15.9 Å². The molecular formula is C19H18BrN3O3S. The number of carbonyl (C=O) groups excluding carboxylic acids is 2. The number of benzene rings is 1. The summed E-state index contributed by atoms with van der Waals surface area (Å²) in [5.41, 5.74) is 2.24. The minimum Gasteiger partial charge on any atom is -0.459 e. The summed E-state index contributed by atoms with van der Waals surface area (Å²) in [4.78, 5) is 29.4. The van der Waals surface area contributed by atoms with E-state index in [0.717, 1.165) is 15.8 Å². The molecule has 0 saturated heterocycles. The average molecular weight is 448 g/mol. The van der Waals surface area contributed by atoms with Crippen LogP contribution in [0.25, 0.3) is 10.8 Å². The molecule has 0 fully saturated rings. The molecule has 6 nitrogen and oxygen atoms in total. The van der Waals surface area contributed by atoms with Gasteiger partial charge in [0, 0.05) is 10.2 Å². The Bertz CT molecular complexity index is 1010. The van der Waals surface area contributed by atoms with Gasteiger partial charge in [0.2, 0.25) is 5.91 Å². The molecule has 3 aromatic rings. The van der Waals surface area contributed by atoms with Gasteiger partial charge in [-0.3, -0.25) is 9.59 Å². The zero-order valence-corrected chi connectivity index (χ0v) is 17.5. The summed E-state index contributed by atoms with van der Waals surface area (Å²) in [5.74, 6) is 0.784. The molecule has 0 atom stereocenters. The van der Waals surface area contributed by atoms with Gasteiger partial charge in [-0.05, 0) is 56.7 Å². The number of hydrogen-bond acceptors (Lipinski definition) is 5. The highest BCUT2D eigenvalue weighted by Crippen LogP contribution is 2.29. The van der Waals surface area contributed by atoms with E-state index in [0.29, 0.717) is 27.0 Å². The molecule has 8 heteroatoms. The van der Waals surface area contributed by atoms with E-state index < -0.39 is 0 Å². The number of anilines is 1. The first-order valence-corrected chi connectivity index (χ1v) is 9.83. The summed E-state index contributed by atoms with van der Waals surface area (Å²) >= 11 is 4.62. The third-order valence-electron chi connectivity index (χ3n) is 3.83. The van der Waals surface area contributed by atoms with Crippen LogP contribution in [0.1, 0.15) is 26.7 Å². The molecule has 2 N–H and O–H groups in total. The first-order valence-electron chi connectivity index (χ1n) is 8.22. The summed E-state index contributed by atoms with van der Waals surface area (Å²) < 4.78 is 6.49. The molecule has 0 radical (unpaired) electrons. The van der Waals surface area contributed by atoms with Gasteiger partial charge in [0.25, 0.3) is 5.91 Å². The quantitative estimate of drug-likeness (QED) is 0.604. The molecule has 1 aromatic carbocycles. The van der Waals surface area contributed by atoms with Crippen molar-refractivity contribution in [3.63, 3.8) is 0 Å². The van der Waals surface area contributed by atoms with Gasteiger partial charge >= 0.3 is 0 Å². The minimum absolute atomic E-state index is 0.124. The second-order valence-electron chi connectivity index (χ2n) is 6.03. The molecule has 2 heterocycles. The fourth-order valence-corrected chi connectivity index (χ4v) is 3.88. The molecule has 140 valence electrons. The van der Waals surface area contributed by atoms with E-state index in [1.54, 1.807) is 6.92 Å². The van der Waals surface area contributed by atoms with Gasteiger partial charge in [0.15, 0.2) is 10.8 Å². The standard InChI is InChI=1S/C19H18BrN3O3S/c1-10-8-13(20)5-6-14(10)23-16(24)9-21-18(25)17-12(3)22-19(27-17)15-7-4-11(2)26-15/h4-8H,9H2,1-3H3,(H,21,25)(H,23,24). The van der Waals surface area contributed by atoms with Gasteiger partial charge < -0.3 is 15.1 Å². The number of nitrogens with zero attached hydrogens (tertiary/aromatic N) is 1. The Morgan fingerprint density at radius 3 is 2.63 bits per heavy atom. The fourth-order valence-electron chi connectivity index (χ4n) is 2.46. The number of aryl methyl sites for hydroxylation is 3. The summed E-state index contributed by atoms with van der Waals surface area (Å²) in [5, 5.41) is 6.07. The Kier molecular flexibility index (Phi) is 5.76. The van der Waals surface area contributed by atoms with E-state index in [9.17, 15) is 9.59 Å². The number of furan rings is 1. The predicted molar refractivity (Wildman–Crippen MR) is 109 cm³/mol. The van der Waals surface area contributed by atoms with Crippen LogP contribution in [-0.4, -0.2) is 23.3 Å². The normalized spacial score (nSPS) is 10.7.